The lowest BCUT2D eigenvalue weighted by molar-refractivity contribution is -0.140. The zero-order valence-electron chi connectivity index (χ0n) is 25.6. The van der Waals surface area contributed by atoms with Gasteiger partial charge in [0.25, 0.3) is 10.0 Å². The van der Waals surface area contributed by atoms with Crippen LogP contribution in [0.3, 0.4) is 0 Å². The quantitative estimate of drug-likeness (QED) is 0.221. The van der Waals surface area contributed by atoms with Gasteiger partial charge < -0.3 is 15.0 Å². The van der Waals surface area contributed by atoms with Gasteiger partial charge in [0.15, 0.2) is 0 Å². The number of rotatable bonds is 13. The zero-order chi connectivity index (χ0) is 31.7. The van der Waals surface area contributed by atoms with Crippen LogP contribution in [0, 0.1) is 13.8 Å². The Morgan fingerprint density at radius 1 is 0.818 bits per heavy atom. The molecule has 1 unspecified atom stereocenters. The van der Waals surface area contributed by atoms with Crippen molar-refractivity contribution in [1.82, 2.24) is 10.2 Å². The van der Waals surface area contributed by atoms with Crippen molar-refractivity contribution >= 4 is 27.5 Å². The number of nitrogens with one attached hydrogen (secondary N) is 1. The van der Waals surface area contributed by atoms with Crippen LogP contribution in [-0.4, -0.2) is 51.4 Å². The fourth-order valence-electron chi connectivity index (χ4n) is 4.97. The van der Waals surface area contributed by atoms with Crippen LogP contribution < -0.4 is 14.4 Å². The van der Waals surface area contributed by atoms with Gasteiger partial charge in [-0.05, 0) is 68.3 Å². The Labute approximate surface area is 260 Å². The standard InChI is InChI=1S/C35H39N3O5S/c1-5-36-35(40)33(23-28-11-7-6-8-12-28)37(24-29-13-9-10-27(3)22-29)34(39)25-38(30-16-18-31(43-4)19-17-30)44(41,42)32-20-14-26(2)15-21-32/h6-22,33H,5,23-25H2,1-4H3,(H,36,40). The van der Waals surface area contributed by atoms with Gasteiger partial charge in [-0.3, -0.25) is 13.9 Å². The Morgan fingerprint density at radius 2 is 1.48 bits per heavy atom. The van der Waals surface area contributed by atoms with Crippen molar-refractivity contribution in [1.29, 1.82) is 0 Å². The summed E-state index contributed by atoms with van der Waals surface area (Å²) in [5.74, 6) is -0.270. The molecule has 0 heterocycles. The number of methoxy groups -OCH3 is 1. The van der Waals surface area contributed by atoms with Crippen molar-refractivity contribution < 1.29 is 22.7 Å². The Balaban J connectivity index is 1.79. The van der Waals surface area contributed by atoms with Crippen LogP contribution in [0.1, 0.15) is 29.2 Å². The molecule has 4 rings (SSSR count). The molecule has 0 radical (unpaired) electrons. The second-order valence-corrected chi connectivity index (χ2v) is 12.5. The number of hydrogen-bond acceptors (Lipinski definition) is 5. The number of sulfonamides is 1. The van der Waals surface area contributed by atoms with E-state index in [0.717, 1.165) is 26.6 Å². The number of ether oxygens (including phenoxy) is 1. The first kappa shape index (κ1) is 32.3. The van der Waals surface area contributed by atoms with Crippen molar-refractivity contribution in [2.24, 2.45) is 0 Å². The summed E-state index contributed by atoms with van der Waals surface area (Å²) < 4.78 is 34.6. The molecule has 230 valence electrons. The molecule has 9 heteroatoms. The van der Waals surface area contributed by atoms with Gasteiger partial charge in [0.1, 0.15) is 18.3 Å². The SMILES string of the molecule is CCNC(=O)C(Cc1ccccc1)N(Cc1cccc(C)c1)C(=O)CN(c1ccc(OC)cc1)S(=O)(=O)c1ccc(C)cc1. The minimum Gasteiger partial charge on any atom is -0.497 e. The number of carbonyl (C=O) groups excluding carboxylic acids is 2. The molecule has 0 aliphatic rings. The molecule has 0 bridgehead atoms. The normalized spacial score (nSPS) is 11.8. The third kappa shape index (κ3) is 8.05. The second kappa shape index (κ2) is 14.7. The fourth-order valence-corrected chi connectivity index (χ4v) is 6.38. The van der Waals surface area contributed by atoms with Gasteiger partial charge >= 0.3 is 0 Å². The van der Waals surface area contributed by atoms with E-state index in [4.69, 9.17) is 4.74 Å². The lowest BCUT2D eigenvalue weighted by atomic mass is 10.0. The largest absolute Gasteiger partial charge is 0.497 e. The molecule has 0 saturated carbocycles. The minimum absolute atomic E-state index is 0.0570. The molecule has 0 saturated heterocycles. The van der Waals surface area contributed by atoms with Crippen molar-refractivity contribution in [3.8, 4) is 5.75 Å². The van der Waals surface area contributed by atoms with E-state index in [2.05, 4.69) is 5.32 Å². The first-order valence-corrected chi connectivity index (χ1v) is 16.0. The first-order valence-electron chi connectivity index (χ1n) is 14.5. The number of aryl methyl sites for hydroxylation is 2. The monoisotopic (exact) mass is 613 g/mol. The maximum Gasteiger partial charge on any atom is 0.264 e. The highest BCUT2D eigenvalue weighted by atomic mass is 32.2. The van der Waals surface area contributed by atoms with Gasteiger partial charge in [-0.25, -0.2) is 8.42 Å². The number of benzene rings is 4. The van der Waals surface area contributed by atoms with Gasteiger partial charge in [0, 0.05) is 19.5 Å². The van der Waals surface area contributed by atoms with Crippen LogP contribution in [0.15, 0.2) is 108 Å². The molecule has 0 fully saturated rings. The van der Waals surface area contributed by atoms with Crippen molar-refractivity contribution in [3.63, 3.8) is 0 Å². The van der Waals surface area contributed by atoms with E-state index >= 15 is 0 Å². The van der Waals surface area contributed by atoms with Gasteiger partial charge in [-0.15, -0.1) is 0 Å². The van der Waals surface area contributed by atoms with E-state index in [1.54, 1.807) is 36.4 Å². The summed E-state index contributed by atoms with van der Waals surface area (Å²) in [5, 5.41) is 2.88. The smallest absolute Gasteiger partial charge is 0.264 e. The van der Waals surface area contributed by atoms with Gasteiger partial charge in [-0.2, -0.15) is 0 Å². The Hall–Kier alpha value is -4.63. The average Bonchev–Trinajstić information content (AvgIpc) is 3.02. The predicted octanol–water partition coefficient (Wildman–Crippen LogP) is 5.28. The van der Waals surface area contributed by atoms with Crippen LogP contribution in [0.4, 0.5) is 5.69 Å². The number of anilines is 1. The summed E-state index contributed by atoms with van der Waals surface area (Å²) in [6, 6.07) is 29.3. The summed E-state index contributed by atoms with van der Waals surface area (Å²) >= 11 is 0. The zero-order valence-corrected chi connectivity index (χ0v) is 26.4. The fraction of sp³-hybridized carbons (Fsp3) is 0.257. The van der Waals surface area contributed by atoms with E-state index in [-0.39, 0.29) is 23.8 Å². The number of likely N-dealkylation sites (N-methyl/N-ethyl adjacent to an activating group) is 1. The highest BCUT2D eigenvalue weighted by Gasteiger charge is 2.34. The summed E-state index contributed by atoms with van der Waals surface area (Å²) in [6.07, 6.45) is 0.261. The summed E-state index contributed by atoms with van der Waals surface area (Å²) in [4.78, 5) is 29.6. The van der Waals surface area contributed by atoms with E-state index in [0.29, 0.717) is 18.0 Å². The molecule has 0 aliphatic heterocycles. The molecule has 0 aliphatic carbocycles. The van der Waals surface area contributed by atoms with Crippen LogP contribution >= 0.6 is 0 Å². The highest BCUT2D eigenvalue weighted by molar-refractivity contribution is 7.92. The predicted molar refractivity (Wildman–Crippen MR) is 173 cm³/mol. The number of hydrogen-bond donors (Lipinski definition) is 1. The number of carbonyl (C=O) groups is 2. The Morgan fingerprint density at radius 3 is 2.09 bits per heavy atom. The molecule has 0 spiro atoms. The Kier molecular flexibility index (Phi) is 10.8. The maximum atomic E-state index is 14.4. The summed E-state index contributed by atoms with van der Waals surface area (Å²) in [5.41, 5.74) is 3.93. The van der Waals surface area contributed by atoms with E-state index in [1.807, 2.05) is 75.4 Å². The van der Waals surface area contributed by atoms with Crippen LogP contribution in [0.5, 0.6) is 5.75 Å². The van der Waals surface area contributed by atoms with E-state index in [9.17, 15) is 18.0 Å². The molecule has 4 aromatic rings. The minimum atomic E-state index is -4.17. The molecular weight excluding hydrogens is 574 g/mol. The second-order valence-electron chi connectivity index (χ2n) is 10.6. The molecule has 0 aromatic heterocycles. The molecule has 4 aromatic carbocycles. The van der Waals surface area contributed by atoms with Crippen molar-refractivity contribution in [3.05, 3.63) is 125 Å². The molecule has 8 nitrogen and oxygen atoms in total. The topological polar surface area (TPSA) is 96.0 Å². The van der Waals surface area contributed by atoms with Gasteiger partial charge in [0.05, 0.1) is 17.7 Å². The van der Waals surface area contributed by atoms with Crippen LogP contribution in [0.2, 0.25) is 0 Å². The van der Waals surface area contributed by atoms with Crippen molar-refractivity contribution in [2.75, 3.05) is 24.5 Å². The van der Waals surface area contributed by atoms with Crippen molar-refractivity contribution in [2.45, 2.75) is 44.7 Å². The third-order valence-electron chi connectivity index (χ3n) is 7.31. The highest BCUT2D eigenvalue weighted by Crippen LogP contribution is 2.27. The molecule has 44 heavy (non-hydrogen) atoms. The third-order valence-corrected chi connectivity index (χ3v) is 9.09. The number of amides is 2. The summed E-state index contributed by atoms with van der Waals surface area (Å²) in [6.45, 7) is 5.65. The van der Waals surface area contributed by atoms with Crippen LogP contribution in [0.25, 0.3) is 0 Å². The van der Waals surface area contributed by atoms with E-state index in [1.165, 1.54) is 24.1 Å². The molecule has 1 N–H and O–H groups in total. The Bertz CT molecular complexity index is 1660. The average molecular weight is 614 g/mol. The summed E-state index contributed by atoms with van der Waals surface area (Å²) in [7, 11) is -2.64. The first-order chi connectivity index (χ1) is 21.1. The number of nitrogens with zero attached hydrogens (tertiary/aromatic N) is 2. The van der Waals surface area contributed by atoms with E-state index < -0.39 is 28.5 Å². The van der Waals surface area contributed by atoms with Crippen LogP contribution in [-0.2, 0) is 32.6 Å². The van der Waals surface area contributed by atoms with Gasteiger partial charge in [-0.1, -0.05) is 77.9 Å². The maximum absolute atomic E-state index is 14.4. The molecule has 1 atom stereocenters. The molecule has 2 amide bonds. The van der Waals surface area contributed by atoms with Gasteiger partial charge in [0.2, 0.25) is 11.8 Å². The molecular formula is C35H39N3O5S. The lowest BCUT2D eigenvalue weighted by Crippen LogP contribution is -2.53. The lowest BCUT2D eigenvalue weighted by Gasteiger charge is -2.34.